The van der Waals surface area contributed by atoms with Crippen molar-refractivity contribution in [3.8, 4) is 5.69 Å². The predicted octanol–water partition coefficient (Wildman–Crippen LogP) is 0.788. The first-order chi connectivity index (χ1) is 12.7. The van der Waals surface area contributed by atoms with Crippen LogP contribution in [-0.2, 0) is 11.3 Å². The Kier molecular flexibility index (Phi) is 4.46. The summed E-state index contributed by atoms with van der Waals surface area (Å²) < 4.78 is 7.22. The van der Waals surface area contributed by atoms with Gasteiger partial charge in [-0.05, 0) is 48.0 Å². The van der Waals surface area contributed by atoms with E-state index in [1.165, 1.54) is 0 Å². The van der Waals surface area contributed by atoms with Crippen molar-refractivity contribution < 1.29 is 9.21 Å². The highest BCUT2D eigenvalue weighted by Gasteiger charge is 2.31. The molecule has 2 unspecified atom stereocenters. The molecule has 1 aromatic carbocycles. The van der Waals surface area contributed by atoms with E-state index in [1.807, 2.05) is 49.4 Å². The summed E-state index contributed by atoms with van der Waals surface area (Å²) >= 11 is 0. The molecular weight excluding hydrogens is 334 g/mol. The number of carbonyl (C=O) groups is 1. The smallest absolute Gasteiger partial charge is 0.238 e. The summed E-state index contributed by atoms with van der Waals surface area (Å²) in [4.78, 5) is 12.4. The maximum atomic E-state index is 12.4. The van der Waals surface area contributed by atoms with Gasteiger partial charge in [-0.1, -0.05) is 18.2 Å². The Morgan fingerprint density at radius 2 is 2.12 bits per heavy atom. The summed E-state index contributed by atoms with van der Waals surface area (Å²) in [5.41, 5.74) is 6.95. The minimum absolute atomic E-state index is 0.0333. The van der Waals surface area contributed by atoms with Crippen molar-refractivity contribution in [2.24, 2.45) is 0 Å². The van der Waals surface area contributed by atoms with E-state index in [0.717, 1.165) is 17.2 Å². The minimum atomic E-state index is -0.355. The summed E-state index contributed by atoms with van der Waals surface area (Å²) in [5, 5.41) is 14.6. The molecule has 3 aromatic rings. The number of carbonyl (C=O) groups excluding carboxylic acids is 1. The van der Waals surface area contributed by atoms with Crippen molar-refractivity contribution in [3.63, 3.8) is 0 Å². The van der Waals surface area contributed by atoms with Crippen molar-refractivity contribution >= 4 is 5.91 Å². The second kappa shape index (κ2) is 7.06. The van der Waals surface area contributed by atoms with E-state index in [0.29, 0.717) is 12.2 Å². The van der Waals surface area contributed by atoms with Crippen molar-refractivity contribution in [3.05, 3.63) is 59.8 Å². The highest BCUT2D eigenvalue weighted by atomic mass is 16.3. The molecule has 1 saturated heterocycles. The lowest BCUT2D eigenvalue weighted by Crippen LogP contribution is -2.43. The van der Waals surface area contributed by atoms with Crippen LogP contribution in [0, 0.1) is 6.92 Å². The van der Waals surface area contributed by atoms with Crippen LogP contribution in [0.5, 0.6) is 0 Å². The van der Waals surface area contributed by atoms with E-state index in [1.54, 1.807) is 4.68 Å². The molecule has 0 saturated carbocycles. The number of rotatable bonds is 5. The second-order valence-electron chi connectivity index (χ2n) is 6.14. The lowest BCUT2D eigenvalue weighted by atomic mass is 10.1. The monoisotopic (exact) mass is 353 g/mol. The summed E-state index contributed by atoms with van der Waals surface area (Å²) in [6.45, 7) is 2.14. The first-order valence-electron chi connectivity index (χ1n) is 8.38. The van der Waals surface area contributed by atoms with Crippen LogP contribution in [0.1, 0.15) is 29.8 Å². The van der Waals surface area contributed by atoms with E-state index in [4.69, 9.17) is 4.42 Å². The highest BCUT2D eigenvalue weighted by Crippen LogP contribution is 2.24. The summed E-state index contributed by atoms with van der Waals surface area (Å²) in [5.74, 6) is 2.11. The average Bonchev–Trinajstić information content (AvgIpc) is 3.40. The average molecular weight is 353 g/mol. The van der Waals surface area contributed by atoms with Crippen LogP contribution in [0.3, 0.4) is 0 Å². The summed E-state index contributed by atoms with van der Waals surface area (Å²) in [7, 11) is 0. The third-order valence-electron chi connectivity index (χ3n) is 4.28. The van der Waals surface area contributed by atoms with Crippen LogP contribution in [0.2, 0.25) is 0 Å². The predicted molar refractivity (Wildman–Crippen MR) is 91.9 cm³/mol. The Bertz CT molecular complexity index is 889. The molecule has 2 aromatic heterocycles. The zero-order valence-corrected chi connectivity index (χ0v) is 14.2. The number of amides is 1. The number of para-hydroxylation sites is 1. The van der Waals surface area contributed by atoms with Gasteiger partial charge in [-0.2, -0.15) is 4.68 Å². The lowest BCUT2D eigenvalue weighted by molar-refractivity contribution is -0.123. The molecule has 9 nitrogen and oxygen atoms in total. The fourth-order valence-electron chi connectivity index (χ4n) is 2.93. The van der Waals surface area contributed by atoms with Gasteiger partial charge in [-0.25, -0.2) is 10.9 Å². The molecule has 1 amide bonds. The van der Waals surface area contributed by atoms with E-state index in [9.17, 15) is 4.79 Å². The van der Waals surface area contributed by atoms with Crippen LogP contribution in [0.15, 0.2) is 46.9 Å². The van der Waals surface area contributed by atoms with Crippen LogP contribution in [0.4, 0.5) is 0 Å². The molecule has 0 spiro atoms. The Morgan fingerprint density at radius 3 is 2.88 bits per heavy atom. The largest absolute Gasteiger partial charge is 0.465 e. The maximum Gasteiger partial charge on any atom is 0.238 e. The van der Waals surface area contributed by atoms with Crippen LogP contribution in [-0.4, -0.2) is 32.2 Å². The first-order valence-corrected chi connectivity index (χ1v) is 8.38. The molecule has 1 aliphatic rings. The third kappa shape index (κ3) is 3.35. The second-order valence-corrected chi connectivity index (χ2v) is 6.14. The van der Waals surface area contributed by atoms with E-state index < -0.39 is 0 Å². The number of aromatic nitrogens is 4. The number of hydrazine groups is 1. The fourth-order valence-corrected chi connectivity index (χ4v) is 2.93. The number of furan rings is 1. The van der Waals surface area contributed by atoms with Gasteiger partial charge in [0.25, 0.3) is 0 Å². The first kappa shape index (κ1) is 16.4. The lowest BCUT2D eigenvalue weighted by Gasteiger charge is -2.10. The molecule has 26 heavy (non-hydrogen) atoms. The van der Waals surface area contributed by atoms with Gasteiger partial charge in [0.2, 0.25) is 5.91 Å². The third-order valence-corrected chi connectivity index (χ3v) is 4.28. The van der Waals surface area contributed by atoms with Gasteiger partial charge in [0.15, 0.2) is 5.82 Å². The highest BCUT2D eigenvalue weighted by molar-refractivity contribution is 5.82. The number of nitrogens with one attached hydrogen (secondary N) is 3. The van der Waals surface area contributed by atoms with E-state index in [-0.39, 0.29) is 24.5 Å². The minimum Gasteiger partial charge on any atom is -0.465 e. The number of nitrogens with zero attached hydrogens (tertiary/aromatic N) is 4. The number of hydrogen-bond acceptors (Lipinski definition) is 7. The van der Waals surface area contributed by atoms with Gasteiger partial charge in [0.05, 0.1) is 18.3 Å². The molecule has 9 heteroatoms. The molecule has 0 aliphatic carbocycles. The van der Waals surface area contributed by atoms with Crippen molar-refractivity contribution in [2.75, 3.05) is 0 Å². The van der Waals surface area contributed by atoms with Gasteiger partial charge in [0.1, 0.15) is 17.6 Å². The summed E-state index contributed by atoms with van der Waals surface area (Å²) in [6.07, 6.45) is 0.600. The van der Waals surface area contributed by atoms with Crippen LogP contribution < -0.4 is 16.2 Å². The summed E-state index contributed by atoms with van der Waals surface area (Å²) in [6, 6.07) is 13.0. The Balaban J connectivity index is 1.36. The SMILES string of the molecule is Cc1ccc(C2CC(C(=O)NCc3nnnn3-c3ccccc3)NN2)o1. The molecular formula is C17H19N7O2. The molecule has 0 radical (unpaired) electrons. The molecule has 1 fully saturated rings. The zero-order valence-electron chi connectivity index (χ0n) is 14.2. The van der Waals surface area contributed by atoms with Gasteiger partial charge in [-0.15, -0.1) is 5.10 Å². The molecule has 0 bridgehead atoms. The standard InChI is InChI=1S/C17H19N7O2/c1-11-7-8-15(26-11)13-9-14(20-19-13)17(25)18-10-16-21-22-23-24(16)12-5-3-2-4-6-12/h2-8,13-14,19-20H,9-10H2,1H3,(H,18,25). The quantitative estimate of drug-likeness (QED) is 0.622. The topological polar surface area (TPSA) is 110 Å². The molecule has 2 atom stereocenters. The van der Waals surface area contributed by atoms with E-state index >= 15 is 0 Å². The molecule has 1 aliphatic heterocycles. The van der Waals surface area contributed by atoms with E-state index in [2.05, 4.69) is 31.7 Å². The Labute approximate surface area is 149 Å². The number of tetrazole rings is 1. The van der Waals surface area contributed by atoms with Crippen LogP contribution >= 0.6 is 0 Å². The van der Waals surface area contributed by atoms with Gasteiger partial charge in [0, 0.05) is 0 Å². The molecule has 3 N–H and O–H groups in total. The zero-order chi connectivity index (χ0) is 17.9. The Morgan fingerprint density at radius 1 is 1.27 bits per heavy atom. The van der Waals surface area contributed by atoms with Crippen molar-refractivity contribution in [1.82, 2.24) is 36.4 Å². The maximum absolute atomic E-state index is 12.4. The molecule has 3 heterocycles. The number of benzene rings is 1. The molecule has 4 rings (SSSR count). The fraction of sp³-hybridized carbons (Fsp3) is 0.294. The number of aryl methyl sites for hydroxylation is 1. The van der Waals surface area contributed by atoms with Crippen LogP contribution in [0.25, 0.3) is 5.69 Å². The van der Waals surface area contributed by atoms with Gasteiger partial charge >= 0.3 is 0 Å². The van der Waals surface area contributed by atoms with Crippen molar-refractivity contribution in [1.29, 1.82) is 0 Å². The van der Waals surface area contributed by atoms with Gasteiger partial charge in [-0.3, -0.25) is 4.79 Å². The normalized spacial score (nSPS) is 19.6. The van der Waals surface area contributed by atoms with Crippen molar-refractivity contribution in [2.45, 2.75) is 32.0 Å². The number of hydrogen-bond donors (Lipinski definition) is 3. The molecule has 134 valence electrons. The Hall–Kier alpha value is -3.04. The van der Waals surface area contributed by atoms with Gasteiger partial charge < -0.3 is 9.73 Å².